The fraction of sp³-hybridized carbons (Fsp3) is 0.370. The number of aromatic nitrogens is 2. The Morgan fingerprint density at radius 2 is 1.87 bits per heavy atom. The third kappa shape index (κ3) is 6.10. The van der Waals surface area contributed by atoms with E-state index >= 15 is 0 Å². The van der Waals surface area contributed by atoms with Crippen molar-refractivity contribution in [2.24, 2.45) is 0 Å². The Hall–Kier alpha value is -3.18. The molecule has 1 atom stereocenters. The molecule has 0 spiro atoms. The Morgan fingerprint density at radius 1 is 1.13 bits per heavy atom. The van der Waals surface area contributed by atoms with Crippen molar-refractivity contribution in [3.05, 3.63) is 65.6 Å². The first-order valence-corrected chi connectivity index (χ1v) is 15.1. The highest BCUT2D eigenvalue weighted by Gasteiger charge is 2.34. The molecule has 1 aromatic heterocycles. The highest BCUT2D eigenvalue weighted by atomic mass is 32.2. The summed E-state index contributed by atoms with van der Waals surface area (Å²) in [5, 5.41) is 3.09. The number of nitrogens with zero attached hydrogens (tertiary/aromatic N) is 2. The first-order chi connectivity index (χ1) is 18.2. The number of amides is 2. The average Bonchev–Trinajstić information content (AvgIpc) is 3.26. The molecule has 0 bridgehead atoms. The lowest BCUT2D eigenvalue weighted by molar-refractivity contribution is 0.0880. The zero-order valence-corrected chi connectivity index (χ0v) is 23.0. The summed E-state index contributed by atoms with van der Waals surface area (Å²) in [7, 11) is -4.11. The molecule has 0 saturated carbocycles. The number of benzene rings is 2. The molecular weight excluding hydrogens is 527 g/mol. The fourth-order valence-corrected chi connectivity index (χ4v) is 6.38. The van der Waals surface area contributed by atoms with Crippen LogP contribution in [0, 0.1) is 0 Å². The Morgan fingerprint density at radius 3 is 2.58 bits per heavy atom. The highest BCUT2D eigenvalue weighted by Crippen LogP contribution is 2.33. The van der Waals surface area contributed by atoms with Gasteiger partial charge in [0.25, 0.3) is 10.0 Å². The van der Waals surface area contributed by atoms with Crippen molar-refractivity contribution in [1.29, 1.82) is 0 Å². The average molecular weight is 559 g/mol. The molecule has 3 aromatic rings. The molecule has 2 aromatic carbocycles. The molecule has 38 heavy (non-hydrogen) atoms. The quantitative estimate of drug-likeness (QED) is 0.364. The van der Waals surface area contributed by atoms with Gasteiger partial charge in [0.15, 0.2) is 6.17 Å². The summed E-state index contributed by atoms with van der Waals surface area (Å²) in [6.07, 6.45) is 1.70. The number of imidazole rings is 1. The van der Waals surface area contributed by atoms with Crippen molar-refractivity contribution >= 4 is 33.6 Å². The van der Waals surface area contributed by atoms with Crippen LogP contribution in [-0.2, 0) is 23.0 Å². The predicted octanol–water partition coefficient (Wildman–Crippen LogP) is 4.97. The highest BCUT2D eigenvalue weighted by molar-refractivity contribution is 7.99. The number of carbonyl (C=O) groups excluding carboxylic acids is 2. The SMILES string of the molecule is CCCCc1nc2c(n1Cc1ccc(-c3ccccc3S(=O)(=O)NC(=O)NCCC)cc1)C(=O)C(F)CS2. The molecule has 2 heterocycles. The molecule has 4 rings (SSSR count). The van der Waals surface area contributed by atoms with E-state index in [1.165, 1.54) is 17.8 Å². The Kier molecular flexibility index (Phi) is 8.88. The molecule has 0 aliphatic carbocycles. The van der Waals surface area contributed by atoms with Crippen LogP contribution in [-0.4, -0.2) is 48.3 Å². The second-order valence-electron chi connectivity index (χ2n) is 9.07. The maximum atomic E-state index is 14.3. The molecule has 1 aliphatic rings. The van der Waals surface area contributed by atoms with Gasteiger partial charge in [-0.15, -0.1) is 11.8 Å². The van der Waals surface area contributed by atoms with E-state index in [-0.39, 0.29) is 10.6 Å². The monoisotopic (exact) mass is 558 g/mol. The van der Waals surface area contributed by atoms with Gasteiger partial charge < -0.3 is 9.88 Å². The normalized spacial score (nSPS) is 15.2. The Bertz CT molecular complexity index is 1420. The van der Waals surface area contributed by atoms with E-state index in [9.17, 15) is 22.4 Å². The van der Waals surface area contributed by atoms with Crippen molar-refractivity contribution in [3.63, 3.8) is 0 Å². The van der Waals surface area contributed by atoms with Gasteiger partial charge in [0.05, 0.1) is 4.90 Å². The van der Waals surface area contributed by atoms with Crippen LogP contribution in [0.4, 0.5) is 9.18 Å². The number of halogens is 1. The van der Waals surface area contributed by atoms with Crippen LogP contribution in [0.5, 0.6) is 0 Å². The number of ketones is 1. The molecule has 1 aliphatic heterocycles. The number of sulfonamides is 1. The summed E-state index contributed by atoms with van der Waals surface area (Å²) in [5.74, 6) is 0.322. The van der Waals surface area contributed by atoms with Crippen LogP contribution in [0.25, 0.3) is 11.1 Å². The number of alkyl halides is 1. The van der Waals surface area contributed by atoms with E-state index in [1.807, 2.05) is 23.6 Å². The number of urea groups is 1. The molecule has 8 nitrogen and oxygen atoms in total. The number of nitrogens with one attached hydrogen (secondary N) is 2. The van der Waals surface area contributed by atoms with Gasteiger partial charge in [0, 0.05) is 30.8 Å². The maximum Gasteiger partial charge on any atom is 0.328 e. The third-order valence-corrected chi connectivity index (χ3v) is 8.60. The van der Waals surface area contributed by atoms with E-state index in [4.69, 9.17) is 0 Å². The standard InChI is InChI=1S/C27H31FN4O4S2/c1-3-5-10-23-30-26-24(25(33)21(28)17-37-26)32(23)16-18-11-13-19(14-12-18)20-8-6-7-9-22(20)38(35,36)31-27(34)29-15-4-2/h6-9,11-14,21H,3-5,10,15-17H2,1-2H3,(H2,29,31,34). The topological polar surface area (TPSA) is 110 Å². The van der Waals surface area contributed by atoms with Gasteiger partial charge in [0.2, 0.25) is 5.78 Å². The number of hydrogen-bond acceptors (Lipinski definition) is 6. The minimum atomic E-state index is -4.11. The number of thioether (sulfide) groups is 1. The number of unbranched alkanes of at least 4 members (excludes halogenated alkanes) is 1. The summed E-state index contributed by atoms with van der Waals surface area (Å²) in [6.45, 7) is 4.66. The lowest BCUT2D eigenvalue weighted by atomic mass is 10.0. The molecular formula is C27H31FN4O4S2. The van der Waals surface area contributed by atoms with Gasteiger partial charge in [-0.1, -0.05) is 62.7 Å². The predicted molar refractivity (Wildman–Crippen MR) is 146 cm³/mol. The lowest BCUT2D eigenvalue weighted by Crippen LogP contribution is -2.39. The maximum absolute atomic E-state index is 14.3. The largest absolute Gasteiger partial charge is 0.337 e. The van der Waals surface area contributed by atoms with Crippen LogP contribution in [0.3, 0.4) is 0 Å². The second-order valence-corrected chi connectivity index (χ2v) is 11.7. The van der Waals surface area contributed by atoms with Crippen molar-refractivity contribution in [2.75, 3.05) is 12.3 Å². The van der Waals surface area contributed by atoms with Gasteiger partial charge in [-0.25, -0.2) is 27.3 Å². The van der Waals surface area contributed by atoms with Crippen LogP contribution in [0.1, 0.15) is 55.0 Å². The van der Waals surface area contributed by atoms with E-state index in [1.54, 1.807) is 30.3 Å². The zero-order chi connectivity index (χ0) is 27.3. The number of carbonyl (C=O) groups is 2. The van der Waals surface area contributed by atoms with Crippen LogP contribution < -0.4 is 10.0 Å². The van der Waals surface area contributed by atoms with Gasteiger partial charge in [-0.2, -0.15) is 0 Å². The van der Waals surface area contributed by atoms with Gasteiger partial charge >= 0.3 is 6.03 Å². The Labute approximate surface area is 226 Å². The molecule has 0 fully saturated rings. The Balaban J connectivity index is 1.61. The smallest absolute Gasteiger partial charge is 0.328 e. The molecule has 2 amide bonds. The van der Waals surface area contributed by atoms with Gasteiger partial charge in [0.1, 0.15) is 16.5 Å². The summed E-state index contributed by atoms with van der Waals surface area (Å²) in [4.78, 5) is 29.3. The summed E-state index contributed by atoms with van der Waals surface area (Å²) in [5.41, 5.74) is 2.29. The minimum Gasteiger partial charge on any atom is -0.337 e. The molecule has 11 heteroatoms. The van der Waals surface area contributed by atoms with Crippen molar-refractivity contribution in [2.45, 2.75) is 62.2 Å². The van der Waals surface area contributed by atoms with Crippen LogP contribution >= 0.6 is 11.8 Å². The molecule has 0 radical (unpaired) electrons. The number of hydrogen-bond donors (Lipinski definition) is 2. The number of aryl methyl sites for hydroxylation is 1. The van der Waals surface area contributed by atoms with E-state index in [2.05, 4.69) is 21.9 Å². The number of Topliss-reactive ketones (excluding diaryl/α,β-unsaturated/α-hetero) is 1. The number of fused-ring (bicyclic) bond motifs is 1. The fourth-order valence-electron chi connectivity index (χ4n) is 4.25. The first-order valence-electron chi connectivity index (χ1n) is 12.6. The second kappa shape index (κ2) is 12.1. The first kappa shape index (κ1) is 27.8. The van der Waals surface area contributed by atoms with Gasteiger partial charge in [-0.3, -0.25) is 4.79 Å². The molecule has 1 unspecified atom stereocenters. The van der Waals surface area contributed by atoms with Crippen LogP contribution in [0.15, 0.2) is 58.5 Å². The molecule has 0 saturated heterocycles. The summed E-state index contributed by atoms with van der Waals surface area (Å²) in [6, 6.07) is 13.0. The summed E-state index contributed by atoms with van der Waals surface area (Å²) < 4.78 is 44.0. The van der Waals surface area contributed by atoms with Gasteiger partial charge in [-0.05, 0) is 30.0 Å². The van der Waals surface area contributed by atoms with E-state index in [0.717, 1.165) is 24.2 Å². The zero-order valence-electron chi connectivity index (χ0n) is 21.4. The molecule has 202 valence electrons. The van der Waals surface area contributed by atoms with Crippen molar-refractivity contribution in [1.82, 2.24) is 19.6 Å². The third-order valence-electron chi connectivity index (χ3n) is 6.20. The van der Waals surface area contributed by atoms with Crippen molar-refractivity contribution < 1.29 is 22.4 Å². The lowest BCUT2D eigenvalue weighted by Gasteiger charge is -2.17. The number of rotatable bonds is 10. The minimum absolute atomic E-state index is 0.0125. The van der Waals surface area contributed by atoms with E-state index in [0.29, 0.717) is 47.8 Å². The van der Waals surface area contributed by atoms with E-state index < -0.39 is 28.0 Å². The molecule has 2 N–H and O–H groups in total. The van der Waals surface area contributed by atoms with Crippen molar-refractivity contribution in [3.8, 4) is 11.1 Å². The summed E-state index contributed by atoms with van der Waals surface area (Å²) >= 11 is 1.27. The van der Waals surface area contributed by atoms with Crippen LogP contribution in [0.2, 0.25) is 0 Å².